The molecule has 1 aromatic carbocycles. The van der Waals surface area contributed by atoms with E-state index in [-0.39, 0.29) is 11.5 Å². The number of carbonyl (C=O) groups is 1. The third-order valence-electron chi connectivity index (χ3n) is 5.20. The number of fused-ring (bicyclic) bond motifs is 1. The lowest BCUT2D eigenvalue weighted by atomic mass is 9.84. The van der Waals surface area contributed by atoms with E-state index in [9.17, 15) is 4.79 Å². The van der Waals surface area contributed by atoms with Gasteiger partial charge in [-0.2, -0.15) is 0 Å². The van der Waals surface area contributed by atoms with Gasteiger partial charge in [-0.1, -0.05) is 6.07 Å². The molecule has 22 heavy (non-hydrogen) atoms. The number of benzene rings is 1. The molecule has 1 N–H and O–H groups in total. The van der Waals surface area contributed by atoms with Gasteiger partial charge in [-0.25, -0.2) is 0 Å². The minimum Gasteiger partial charge on any atom is -0.375 e. The topological polar surface area (TPSA) is 45.3 Å². The zero-order valence-electron chi connectivity index (χ0n) is 12.8. The van der Waals surface area contributed by atoms with Crippen molar-refractivity contribution in [2.45, 2.75) is 37.7 Å². The Labute approximate surface area is 130 Å². The van der Waals surface area contributed by atoms with Crippen LogP contribution in [0.15, 0.2) is 30.5 Å². The Balaban J connectivity index is 1.47. The normalized spacial score (nSPS) is 21.4. The van der Waals surface area contributed by atoms with Gasteiger partial charge >= 0.3 is 0 Å². The molecular weight excluding hydrogens is 276 g/mol. The SMILES string of the molecule is O=C(c1ccc2cc[nH]c2c1)N1CCC2(CCCCO2)CC1. The number of rotatable bonds is 1. The van der Waals surface area contributed by atoms with Gasteiger partial charge in [0.2, 0.25) is 0 Å². The number of hydrogen-bond donors (Lipinski definition) is 1. The first-order chi connectivity index (χ1) is 10.8. The molecule has 0 aliphatic carbocycles. The molecule has 1 aromatic heterocycles. The summed E-state index contributed by atoms with van der Waals surface area (Å²) in [4.78, 5) is 17.9. The summed E-state index contributed by atoms with van der Waals surface area (Å²) in [7, 11) is 0. The van der Waals surface area contributed by atoms with Crippen LogP contribution in [0, 0.1) is 0 Å². The first-order valence-corrected chi connectivity index (χ1v) is 8.26. The fourth-order valence-electron chi connectivity index (χ4n) is 3.79. The molecule has 0 radical (unpaired) electrons. The summed E-state index contributed by atoms with van der Waals surface area (Å²) in [5.74, 6) is 0.141. The van der Waals surface area contributed by atoms with Crippen molar-refractivity contribution < 1.29 is 9.53 Å². The molecule has 2 aromatic rings. The Morgan fingerprint density at radius 1 is 1.14 bits per heavy atom. The van der Waals surface area contributed by atoms with Gasteiger partial charge < -0.3 is 14.6 Å². The summed E-state index contributed by atoms with van der Waals surface area (Å²) in [6, 6.07) is 7.92. The van der Waals surface area contributed by atoms with E-state index in [1.807, 2.05) is 35.4 Å². The maximum absolute atomic E-state index is 12.7. The Bertz CT molecular complexity index is 675. The maximum Gasteiger partial charge on any atom is 0.253 e. The van der Waals surface area contributed by atoms with Crippen LogP contribution in [-0.4, -0.2) is 41.1 Å². The molecule has 0 bridgehead atoms. The summed E-state index contributed by atoms with van der Waals surface area (Å²) < 4.78 is 6.04. The van der Waals surface area contributed by atoms with Crippen LogP contribution in [-0.2, 0) is 4.74 Å². The van der Waals surface area contributed by atoms with Crippen LogP contribution in [0.5, 0.6) is 0 Å². The number of piperidine rings is 1. The maximum atomic E-state index is 12.7. The van der Waals surface area contributed by atoms with Crippen molar-refractivity contribution in [1.82, 2.24) is 9.88 Å². The molecule has 2 fully saturated rings. The number of H-pyrrole nitrogens is 1. The highest BCUT2D eigenvalue weighted by Crippen LogP contribution is 2.35. The van der Waals surface area contributed by atoms with E-state index in [0.717, 1.165) is 55.4 Å². The van der Waals surface area contributed by atoms with Crippen LogP contribution in [0.4, 0.5) is 0 Å². The van der Waals surface area contributed by atoms with Crippen LogP contribution < -0.4 is 0 Å². The van der Waals surface area contributed by atoms with E-state index >= 15 is 0 Å². The average molecular weight is 298 g/mol. The summed E-state index contributed by atoms with van der Waals surface area (Å²) in [6.45, 7) is 2.50. The van der Waals surface area contributed by atoms with Gasteiger partial charge in [0, 0.05) is 37.0 Å². The van der Waals surface area contributed by atoms with Crippen LogP contribution in [0.3, 0.4) is 0 Å². The van der Waals surface area contributed by atoms with Crippen LogP contribution in [0.1, 0.15) is 42.5 Å². The molecule has 2 aliphatic heterocycles. The molecule has 0 saturated carbocycles. The first kappa shape index (κ1) is 13.8. The Kier molecular flexibility index (Phi) is 3.41. The molecule has 4 rings (SSSR count). The van der Waals surface area contributed by atoms with Crippen LogP contribution in [0.2, 0.25) is 0 Å². The van der Waals surface area contributed by atoms with Crippen LogP contribution in [0.25, 0.3) is 10.9 Å². The molecule has 1 spiro atoms. The zero-order chi connectivity index (χ0) is 15.0. The molecule has 2 saturated heterocycles. The van der Waals surface area contributed by atoms with Gasteiger partial charge in [0.1, 0.15) is 0 Å². The van der Waals surface area contributed by atoms with Gasteiger partial charge in [-0.15, -0.1) is 0 Å². The van der Waals surface area contributed by atoms with Crippen molar-refractivity contribution in [2.75, 3.05) is 19.7 Å². The summed E-state index contributed by atoms with van der Waals surface area (Å²) in [5.41, 5.74) is 1.85. The van der Waals surface area contributed by atoms with Crippen LogP contribution >= 0.6 is 0 Å². The summed E-state index contributed by atoms with van der Waals surface area (Å²) >= 11 is 0. The van der Waals surface area contributed by atoms with Crippen molar-refractivity contribution >= 4 is 16.8 Å². The second-order valence-corrected chi connectivity index (χ2v) is 6.56. The molecule has 0 atom stereocenters. The lowest BCUT2D eigenvalue weighted by Crippen LogP contribution is -2.49. The van der Waals surface area contributed by atoms with E-state index < -0.39 is 0 Å². The number of likely N-dealkylation sites (tertiary alicyclic amines) is 1. The fraction of sp³-hybridized carbons (Fsp3) is 0.500. The van der Waals surface area contributed by atoms with E-state index in [2.05, 4.69) is 4.98 Å². The molecule has 3 heterocycles. The Hall–Kier alpha value is -1.81. The van der Waals surface area contributed by atoms with Gasteiger partial charge in [0.15, 0.2) is 0 Å². The average Bonchev–Trinajstić information content (AvgIpc) is 3.03. The van der Waals surface area contributed by atoms with Gasteiger partial charge in [-0.05, 0) is 55.7 Å². The fourth-order valence-corrected chi connectivity index (χ4v) is 3.79. The number of nitrogens with zero attached hydrogens (tertiary/aromatic N) is 1. The smallest absolute Gasteiger partial charge is 0.253 e. The number of aromatic amines is 1. The third kappa shape index (κ3) is 2.41. The molecule has 116 valence electrons. The lowest BCUT2D eigenvalue weighted by molar-refractivity contribution is -0.107. The molecular formula is C18H22N2O2. The van der Waals surface area contributed by atoms with Gasteiger partial charge in [0.25, 0.3) is 5.91 Å². The quantitative estimate of drug-likeness (QED) is 0.877. The predicted octanol–water partition coefficient (Wildman–Crippen LogP) is 3.34. The van der Waals surface area contributed by atoms with E-state index in [0.29, 0.717) is 0 Å². The Morgan fingerprint density at radius 2 is 2.00 bits per heavy atom. The van der Waals surface area contributed by atoms with Gasteiger partial charge in [0.05, 0.1) is 5.60 Å². The number of carbonyl (C=O) groups excluding carboxylic acids is 1. The van der Waals surface area contributed by atoms with Crippen molar-refractivity contribution in [3.63, 3.8) is 0 Å². The highest BCUT2D eigenvalue weighted by atomic mass is 16.5. The highest BCUT2D eigenvalue weighted by Gasteiger charge is 2.38. The largest absolute Gasteiger partial charge is 0.375 e. The number of amides is 1. The third-order valence-corrected chi connectivity index (χ3v) is 5.20. The standard InChI is InChI=1S/C18H22N2O2/c21-17(15-4-3-14-5-9-19-16(14)13-15)20-10-7-18(8-11-20)6-1-2-12-22-18/h3-5,9,13,19H,1-2,6-8,10-12H2. The van der Waals surface area contributed by atoms with E-state index in [1.165, 1.54) is 12.8 Å². The number of hydrogen-bond acceptors (Lipinski definition) is 2. The van der Waals surface area contributed by atoms with Crippen molar-refractivity contribution in [3.8, 4) is 0 Å². The molecule has 4 heteroatoms. The highest BCUT2D eigenvalue weighted by molar-refractivity contribution is 5.98. The van der Waals surface area contributed by atoms with E-state index in [4.69, 9.17) is 4.74 Å². The Morgan fingerprint density at radius 3 is 2.77 bits per heavy atom. The number of aromatic nitrogens is 1. The molecule has 2 aliphatic rings. The lowest BCUT2D eigenvalue weighted by Gasteiger charge is -2.44. The first-order valence-electron chi connectivity index (χ1n) is 8.26. The van der Waals surface area contributed by atoms with E-state index in [1.54, 1.807) is 0 Å². The molecule has 1 amide bonds. The van der Waals surface area contributed by atoms with Crippen molar-refractivity contribution in [1.29, 1.82) is 0 Å². The number of ether oxygens (including phenoxy) is 1. The predicted molar refractivity (Wildman–Crippen MR) is 86.0 cm³/mol. The second-order valence-electron chi connectivity index (χ2n) is 6.56. The van der Waals surface area contributed by atoms with Gasteiger partial charge in [-0.3, -0.25) is 4.79 Å². The molecule has 0 unspecified atom stereocenters. The second kappa shape index (κ2) is 5.43. The molecule has 4 nitrogen and oxygen atoms in total. The minimum atomic E-state index is 0.0540. The zero-order valence-corrected chi connectivity index (χ0v) is 12.8. The summed E-state index contributed by atoms with van der Waals surface area (Å²) in [5, 5.41) is 1.14. The van der Waals surface area contributed by atoms with Crippen molar-refractivity contribution in [3.05, 3.63) is 36.0 Å². The minimum absolute atomic E-state index is 0.0540. The van der Waals surface area contributed by atoms with Crippen molar-refractivity contribution in [2.24, 2.45) is 0 Å². The monoisotopic (exact) mass is 298 g/mol. The summed E-state index contributed by atoms with van der Waals surface area (Å²) in [6.07, 6.45) is 7.46. The number of nitrogens with one attached hydrogen (secondary N) is 1.